The molecule has 0 amide bonds. The predicted molar refractivity (Wildman–Crippen MR) is 195 cm³/mol. The molecule has 50 heavy (non-hydrogen) atoms. The van der Waals surface area contributed by atoms with Gasteiger partial charge in [-0.2, -0.15) is 0 Å². The zero-order valence-corrected chi connectivity index (χ0v) is 26.7. The van der Waals surface area contributed by atoms with Crippen molar-refractivity contribution >= 4 is 65.4 Å². The molecule has 6 aromatic heterocycles. The maximum absolute atomic E-state index is 7.06. The van der Waals surface area contributed by atoms with Crippen LogP contribution < -0.4 is 19.9 Å². The number of ether oxygens (including phenoxy) is 3. The maximum atomic E-state index is 7.06. The summed E-state index contributed by atoms with van der Waals surface area (Å²) in [6.07, 6.45) is 5.28. The minimum atomic E-state index is -1.14. The summed E-state index contributed by atoms with van der Waals surface area (Å²) in [5.74, 6) is 1.23. The predicted octanol–water partition coefficient (Wildman–Crippen LogP) is 7.21. The molecule has 3 aromatic carbocycles. The normalized spacial score (nSPS) is 11.9. The third-order valence-electron chi connectivity index (χ3n) is 8.74. The fraction of sp³-hybridized carbons (Fsp3) is 0.100. The van der Waals surface area contributed by atoms with Crippen molar-refractivity contribution in [2.75, 3.05) is 19.8 Å². The number of aromatic nitrogens is 6. The summed E-state index contributed by atoms with van der Waals surface area (Å²) in [5.41, 5.74) is 10.6. The van der Waals surface area contributed by atoms with Crippen molar-refractivity contribution in [1.29, 1.82) is 0 Å². The Kier molecular flexibility index (Phi) is 7.21. The molecule has 0 spiro atoms. The minimum absolute atomic E-state index is 0.0276. The van der Waals surface area contributed by atoms with E-state index in [1.54, 1.807) is 18.6 Å². The van der Waals surface area contributed by atoms with Gasteiger partial charge in [-0.05, 0) is 36.4 Å². The van der Waals surface area contributed by atoms with Crippen LogP contribution in [-0.2, 0) is 0 Å². The van der Waals surface area contributed by atoms with Gasteiger partial charge >= 0.3 is 0 Å². The van der Waals surface area contributed by atoms with Gasteiger partial charge in [-0.15, -0.1) is 0 Å². The van der Waals surface area contributed by atoms with E-state index >= 15 is 0 Å². The molecule has 0 unspecified atom stereocenters. The van der Waals surface area contributed by atoms with Gasteiger partial charge < -0.3 is 19.9 Å². The molecule has 0 aliphatic rings. The summed E-state index contributed by atoms with van der Waals surface area (Å²) in [5, 5.41) is 5.87. The minimum Gasteiger partial charge on any atom is -0.475 e. The van der Waals surface area contributed by atoms with Gasteiger partial charge in [0.15, 0.2) is 0 Å². The molecule has 0 saturated heterocycles. The van der Waals surface area contributed by atoms with Crippen molar-refractivity contribution in [1.82, 2.24) is 29.9 Å². The Hall–Kier alpha value is -6.52. The van der Waals surface area contributed by atoms with Crippen LogP contribution in [0.3, 0.4) is 0 Å². The zero-order chi connectivity index (χ0) is 33.5. The molecule has 9 rings (SSSR count). The van der Waals surface area contributed by atoms with Crippen LogP contribution in [0, 0.1) is 0 Å². The van der Waals surface area contributed by atoms with Gasteiger partial charge in [0, 0.05) is 69.1 Å². The van der Waals surface area contributed by atoms with Crippen molar-refractivity contribution in [3.63, 3.8) is 0 Å². The fourth-order valence-electron chi connectivity index (χ4n) is 6.14. The van der Waals surface area contributed by atoms with Gasteiger partial charge in [-0.1, -0.05) is 54.6 Å². The Morgan fingerprint density at radius 2 is 0.660 bits per heavy atom. The highest BCUT2D eigenvalue weighted by Crippen LogP contribution is 2.28. The second-order valence-electron chi connectivity index (χ2n) is 12.3. The first-order chi connectivity index (χ1) is 24.6. The number of benzene rings is 3. The molecular formula is C40H29N7O3. The molecule has 0 aliphatic carbocycles. The molecule has 10 heteroatoms. The highest BCUT2D eigenvalue weighted by atomic mass is 16.5. The number of nitrogens with two attached hydrogens (primary N) is 1. The second-order valence-corrected chi connectivity index (χ2v) is 12.3. The molecule has 10 nitrogen and oxygen atoms in total. The largest absolute Gasteiger partial charge is 0.475 e. The first kappa shape index (κ1) is 29.6. The van der Waals surface area contributed by atoms with Gasteiger partial charge in [-0.3, -0.25) is 15.0 Å². The number of hydrogen-bond donors (Lipinski definition) is 1. The lowest BCUT2D eigenvalue weighted by Crippen LogP contribution is -2.55. The van der Waals surface area contributed by atoms with Crippen LogP contribution in [0.25, 0.3) is 65.4 Å². The highest BCUT2D eigenvalue weighted by Gasteiger charge is 2.30. The molecule has 0 saturated carbocycles. The number of fused-ring (bicyclic) bond motifs is 9. The van der Waals surface area contributed by atoms with Gasteiger partial charge in [0.25, 0.3) is 0 Å². The summed E-state index contributed by atoms with van der Waals surface area (Å²) in [4.78, 5) is 28.1. The van der Waals surface area contributed by atoms with Crippen LogP contribution in [0.15, 0.2) is 128 Å². The number of pyridine rings is 6. The summed E-state index contributed by atoms with van der Waals surface area (Å²) in [6.45, 7) is 0.0828. The molecular weight excluding hydrogens is 626 g/mol. The number of hydrogen-bond acceptors (Lipinski definition) is 10. The lowest BCUT2D eigenvalue weighted by Gasteiger charge is -2.28. The van der Waals surface area contributed by atoms with Crippen LogP contribution in [-0.4, -0.2) is 55.3 Å². The Morgan fingerprint density at radius 3 is 0.980 bits per heavy atom. The average molecular weight is 656 g/mol. The SMILES string of the molecule is NC(COc1ccc2ccc3cccnc3c2n1)(COc1ccc2ccc3cccnc3c2n1)COc1ccc2ccc3cccnc3c2n1. The summed E-state index contributed by atoms with van der Waals surface area (Å²) < 4.78 is 18.8. The second kappa shape index (κ2) is 12.2. The molecule has 2 N–H and O–H groups in total. The highest BCUT2D eigenvalue weighted by molar-refractivity contribution is 6.04. The smallest absolute Gasteiger partial charge is 0.213 e. The zero-order valence-electron chi connectivity index (χ0n) is 26.7. The van der Waals surface area contributed by atoms with E-state index in [1.807, 2.05) is 109 Å². The van der Waals surface area contributed by atoms with Crippen LogP contribution in [0.1, 0.15) is 0 Å². The maximum Gasteiger partial charge on any atom is 0.213 e. The molecule has 0 bridgehead atoms. The fourth-order valence-corrected chi connectivity index (χ4v) is 6.14. The molecule has 9 aromatic rings. The van der Waals surface area contributed by atoms with Gasteiger partial charge in [0.05, 0.1) is 16.6 Å². The van der Waals surface area contributed by atoms with Crippen LogP contribution in [0.5, 0.6) is 17.6 Å². The Labute approximate surface area is 285 Å². The average Bonchev–Trinajstić information content (AvgIpc) is 3.18. The van der Waals surface area contributed by atoms with E-state index in [0.717, 1.165) is 65.4 Å². The number of nitrogens with zero attached hydrogens (tertiary/aromatic N) is 6. The van der Waals surface area contributed by atoms with Gasteiger partial charge in [-0.25, -0.2) is 15.0 Å². The van der Waals surface area contributed by atoms with E-state index < -0.39 is 5.54 Å². The van der Waals surface area contributed by atoms with E-state index in [2.05, 4.69) is 15.0 Å². The summed E-state index contributed by atoms with van der Waals surface area (Å²) in [7, 11) is 0. The molecule has 6 heterocycles. The lowest BCUT2D eigenvalue weighted by molar-refractivity contribution is 0.0922. The first-order valence-electron chi connectivity index (χ1n) is 16.2. The summed E-state index contributed by atoms with van der Waals surface area (Å²) >= 11 is 0. The van der Waals surface area contributed by atoms with Crippen molar-refractivity contribution in [3.8, 4) is 17.6 Å². The third kappa shape index (κ3) is 5.57. The van der Waals surface area contributed by atoms with Crippen molar-refractivity contribution < 1.29 is 14.2 Å². The summed E-state index contributed by atoms with van der Waals surface area (Å²) in [6, 6.07) is 35.3. The third-order valence-corrected chi connectivity index (χ3v) is 8.74. The monoisotopic (exact) mass is 655 g/mol. The molecule has 0 radical (unpaired) electrons. The van der Waals surface area contributed by atoms with Crippen LogP contribution in [0.4, 0.5) is 0 Å². The Balaban J connectivity index is 1.02. The lowest BCUT2D eigenvalue weighted by atomic mass is 10.1. The van der Waals surface area contributed by atoms with Crippen LogP contribution >= 0.6 is 0 Å². The van der Waals surface area contributed by atoms with E-state index in [1.165, 1.54) is 0 Å². The van der Waals surface area contributed by atoms with Crippen molar-refractivity contribution in [2.45, 2.75) is 5.54 Å². The van der Waals surface area contributed by atoms with Crippen LogP contribution in [0.2, 0.25) is 0 Å². The van der Waals surface area contributed by atoms with Crippen molar-refractivity contribution in [2.24, 2.45) is 5.73 Å². The Bertz CT molecular complexity index is 2430. The topological polar surface area (TPSA) is 131 Å². The van der Waals surface area contributed by atoms with E-state index in [0.29, 0.717) is 17.6 Å². The van der Waals surface area contributed by atoms with E-state index in [9.17, 15) is 0 Å². The Morgan fingerprint density at radius 1 is 0.380 bits per heavy atom. The standard InChI is InChI=1S/C40H29N7O3/c41-40(22-48-31-16-13-28-10-7-25-4-1-19-42-34(25)37(28)45-31,23-49-32-17-14-29-11-8-26-5-2-20-43-35(26)38(29)46-32)24-50-33-18-15-30-12-9-27-6-3-21-44-36(27)39(30)47-33/h1-21H,22-24,41H2. The number of rotatable bonds is 9. The van der Waals surface area contributed by atoms with E-state index in [4.69, 9.17) is 34.9 Å². The quantitative estimate of drug-likeness (QED) is 0.159. The molecule has 0 aliphatic heterocycles. The molecule has 0 atom stereocenters. The van der Waals surface area contributed by atoms with Gasteiger partial charge in [0.1, 0.15) is 41.9 Å². The first-order valence-corrected chi connectivity index (χ1v) is 16.2. The molecule has 0 fully saturated rings. The molecule has 242 valence electrons. The van der Waals surface area contributed by atoms with Gasteiger partial charge in [0.2, 0.25) is 17.6 Å². The van der Waals surface area contributed by atoms with E-state index in [-0.39, 0.29) is 19.8 Å². The van der Waals surface area contributed by atoms with Crippen molar-refractivity contribution in [3.05, 3.63) is 128 Å².